The van der Waals surface area contributed by atoms with E-state index in [1.165, 1.54) is 0 Å². The molecule has 2 rings (SSSR count). The Morgan fingerprint density at radius 2 is 2.33 bits per heavy atom. The second-order valence-electron chi connectivity index (χ2n) is 5.66. The van der Waals surface area contributed by atoms with Crippen molar-refractivity contribution in [2.45, 2.75) is 32.9 Å². The third kappa shape index (κ3) is 3.92. The number of benzene rings is 1. The molecule has 1 heterocycles. The van der Waals surface area contributed by atoms with E-state index in [2.05, 4.69) is 10.2 Å². The first-order valence-corrected chi connectivity index (χ1v) is 7.43. The van der Waals surface area contributed by atoms with Gasteiger partial charge in [-0.25, -0.2) is 0 Å². The van der Waals surface area contributed by atoms with Gasteiger partial charge in [-0.3, -0.25) is 15.0 Å². The van der Waals surface area contributed by atoms with E-state index in [-0.39, 0.29) is 16.7 Å². The Labute approximate surface area is 124 Å². The Hall–Kier alpha value is -1.66. The van der Waals surface area contributed by atoms with Crippen LogP contribution in [0.5, 0.6) is 0 Å². The molecule has 0 amide bonds. The number of nitro groups is 1. The quantitative estimate of drug-likeness (QED) is 0.621. The van der Waals surface area contributed by atoms with Crippen LogP contribution in [0.2, 0.25) is 0 Å². The number of rotatable bonds is 6. The molecule has 1 saturated heterocycles. The van der Waals surface area contributed by atoms with Crippen LogP contribution in [0, 0.1) is 16.0 Å². The van der Waals surface area contributed by atoms with E-state index in [1.54, 1.807) is 6.07 Å². The fraction of sp³-hybridized carbons (Fsp3) is 0.600. The van der Waals surface area contributed by atoms with Crippen LogP contribution >= 0.6 is 0 Å². The van der Waals surface area contributed by atoms with E-state index < -0.39 is 0 Å². The predicted octanol–water partition coefficient (Wildman–Crippen LogP) is 2.23. The van der Waals surface area contributed by atoms with Gasteiger partial charge < -0.3 is 10.4 Å². The maximum Gasteiger partial charge on any atom is 0.292 e. The van der Waals surface area contributed by atoms with Crippen LogP contribution in [0.4, 0.5) is 11.4 Å². The summed E-state index contributed by atoms with van der Waals surface area (Å²) in [4.78, 5) is 12.9. The lowest BCUT2D eigenvalue weighted by Gasteiger charge is -2.18. The zero-order chi connectivity index (χ0) is 15.4. The molecule has 6 heteroatoms. The molecule has 0 spiro atoms. The first-order valence-electron chi connectivity index (χ1n) is 7.43. The summed E-state index contributed by atoms with van der Waals surface area (Å²) in [5.74, 6) is 0.330. The molecule has 1 aromatic rings. The first kappa shape index (κ1) is 15.7. The fourth-order valence-electron chi connectivity index (χ4n) is 2.83. The summed E-state index contributed by atoms with van der Waals surface area (Å²) in [6, 6.07) is 5.24. The van der Waals surface area contributed by atoms with E-state index in [1.807, 2.05) is 26.0 Å². The van der Waals surface area contributed by atoms with Gasteiger partial charge in [-0.2, -0.15) is 0 Å². The standard InChI is InChI=1S/C15H23N3O3/c1-3-16-14-8-12(4-5-15(14)18(20)21)9-17-7-6-13(10-17)11(2)19/h4-5,8,11,13,16,19H,3,6-7,9-10H2,1-2H3. The molecular formula is C15H23N3O3. The lowest BCUT2D eigenvalue weighted by Crippen LogP contribution is -2.24. The topological polar surface area (TPSA) is 78.6 Å². The summed E-state index contributed by atoms with van der Waals surface area (Å²) >= 11 is 0. The van der Waals surface area contributed by atoms with E-state index >= 15 is 0 Å². The summed E-state index contributed by atoms with van der Waals surface area (Å²) < 4.78 is 0. The molecule has 0 bridgehead atoms. The molecule has 2 atom stereocenters. The second kappa shape index (κ2) is 6.87. The highest BCUT2D eigenvalue weighted by molar-refractivity contribution is 5.62. The maximum atomic E-state index is 11.0. The molecule has 1 aliphatic rings. The van der Waals surface area contributed by atoms with Crippen LogP contribution in [0.3, 0.4) is 0 Å². The molecule has 6 nitrogen and oxygen atoms in total. The third-order valence-corrected chi connectivity index (χ3v) is 4.02. The highest BCUT2D eigenvalue weighted by atomic mass is 16.6. The first-order chi connectivity index (χ1) is 10.0. The van der Waals surface area contributed by atoms with Gasteiger partial charge in [0.25, 0.3) is 5.69 Å². The maximum absolute atomic E-state index is 11.0. The molecule has 0 radical (unpaired) electrons. The van der Waals surface area contributed by atoms with Crippen LogP contribution in [0.25, 0.3) is 0 Å². The Balaban J connectivity index is 2.07. The lowest BCUT2D eigenvalue weighted by molar-refractivity contribution is -0.384. The number of aliphatic hydroxyl groups excluding tert-OH is 1. The van der Waals surface area contributed by atoms with E-state index in [9.17, 15) is 15.2 Å². The van der Waals surface area contributed by atoms with Crippen LogP contribution in [0.15, 0.2) is 18.2 Å². The predicted molar refractivity (Wildman–Crippen MR) is 82.3 cm³/mol. The van der Waals surface area contributed by atoms with Crippen molar-refractivity contribution in [3.05, 3.63) is 33.9 Å². The Bertz CT molecular complexity index is 505. The third-order valence-electron chi connectivity index (χ3n) is 4.02. The van der Waals surface area contributed by atoms with Gasteiger partial charge in [0, 0.05) is 25.7 Å². The number of nitrogens with one attached hydrogen (secondary N) is 1. The zero-order valence-corrected chi connectivity index (χ0v) is 12.6. The molecule has 0 aromatic heterocycles. The number of nitrogens with zero attached hydrogens (tertiary/aromatic N) is 2. The van der Waals surface area contributed by atoms with Crippen molar-refractivity contribution in [3.63, 3.8) is 0 Å². The van der Waals surface area contributed by atoms with Gasteiger partial charge in [0.15, 0.2) is 0 Å². The number of hydrogen-bond donors (Lipinski definition) is 2. The van der Waals surface area contributed by atoms with Crippen LogP contribution in [-0.2, 0) is 6.54 Å². The van der Waals surface area contributed by atoms with Crippen LogP contribution < -0.4 is 5.32 Å². The molecule has 1 aliphatic heterocycles. The van der Waals surface area contributed by atoms with Crippen molar-refractivity contribution >= 4 is 11.4 Å². The lowest BCUT2D eigenvalue weighted by atomic mass is 10.0. The van der Waals surface area contributed by atoms with Crippen LogP contribution in [-0.4, -0.2) is 40.7 Å². The van der Waals surface area contributed by atoms with Gasteiger partial charge in [-0.1, -0.05) is 6.07 Å². The van der Waals surface area contributed by atoms with E-state index in [4.69, 9.17) is 0 Å². The van der Waals surface area contributed by atoms with Gasteiger partial charge in [-0.05, 0) is 44.4 Å². The monoisotopic (exact) mass is 293 g/mol. The minimum absolute atomic E-state index is 0.115. The Morgan fingerprint density at radius 1 is 1.57 bits per heavy atom. The number of anilines is 1. The van der Waals surface area contributed by atoms with E-state index in [0.29, 0.717) is 18.2 Å². The van der Waals surface area contributed by atoms with Crippen molar-refractivity contribution in [3.8, 4) is 0 Å². The summed E-state index contributed by atoms with van der Waals surface area (Å²) in [5.41, 5.74) is 1.75. The summed E-state index contributed by atoms with van der Waals surface area (Å²) in [6.45, 7) is 7.01. The number of nitro benzene ring substituents is 1. The van der Waals surface area contributed by atoms with Gasteiger partial charge in [0.2, 0.25) is 0 Å². The molecule has 2 N–H and O–H groups in total. The summed E-state index contributed by atoms with van der Waals surface area (Å²) in [5, 5.41) is 23.7. The highest BCUT2D eigenvalue weighted by Gasteiger charge is 2.26. The van der Waals surface area contributed by atoms with Crippen molar-refractivity contribution in [2.75, 3.05) is 25.0 Å². The van der Waals surface area contributed by atoms with Gasteiger partial charge in [-0.15, -0.1) is 0 Å². The average molecular weight is 293 g/mol. The van der Waals surface area contributed by atoms with E-state index in [0.717, 1.165) is 31.6 Å². The van der Waals surface area contributed by atoms with Crippen molar-refractivity contribution < 1.29 is 10.0 Å². The molecule has 116 valence electrons. The normalized spacial score (nSPS) is 20.4. The average Bonchev–Trinajstić information content (AvgIpc) is 2.88. The Morgan fingerprint density at radius 3 is 2.90 bits per heavy atom. The van der Waals surface area contributed by atoms with Gasteiger partial charge >= 0.3 is 0 Å². The van der Waals surface area contributed by atoms with Crippen molar-refractivity contribution in [1.82, 2.24) is 4.90 Å². The Kier molecular flexibility index (Phi) is 5.14. The minimum Gasteiger partial charge on any atom is -0.393 e. The number of likely N-dealkylation sites (tertiary alicyclic amines) is 1. The number of hydrogen-bond acceptors (Lipinski definition) is 5. The van der Waals surface area contributed by atoms with Crippen LogP contribution in [0.1, 0.15) is 25.8 Å². The number of aliphatic hydroxyl groups is 1. The van der Waals surface area contributed by atoms with Crippen molar-refractivity contribution in [1.29, 1.82) is 0 Å². The summed E-state index contributed by atoms with van der Waals surface area (Å²) in [6.07, 6.45) is 0.731. The molecule has 21 heavy (non-hydrogen) atoms. The molecule has 0 saturated carbocycles. The van der Waals surface area contributed by atoms with Gasteiger partial charge in [0.1, 0.15) is 5.69 Å². The summed E-state index contributed by atoms with van der Waals surface area (Å²) in [7, 11) is 0. The van der Waals surface area contributed by atoms with Crippen molar-refractivity contribution in [2.24, 2.45) is 5.92 Å². The largest absolute Gasteiger partial charge is 0.393 e. The molecular weight excluding hydrogens is 270 g/mol. The second-order valence-corrected chi connectivity index (χ2v) is 5.66. The minimum atomic E-state index is -0.360. The van der Waals surface area contributed by atoms with Gasteiger partial charge in [0.05, 0.1) is 11.0 Å². The molecule has 2 unspecified atom stereocenters. The molecule has 0 aliphatic carbocycles. The highest BCUT2D eigenvalue weighted by Crippen LogP contribution is 2.27. The zero-order valence-electron chi connectivity index (χ0n) is 12.6. The smallest absolute Gasteiger partial charge is 0.292 e. The fourth-order valence-corrected chi connectivity index (χ4v) is 2.83. The molecule has 1 aromatic carbocycles. The molecule has 1 fully saturated rings. The SMILES string of the molecule is CCNc1cc(CN2CCC(C(C)O)C2)ccc1[N+](=O)[O-].